The van der Waals surface area contributed by atoms with Crippen molar-refractivity contribution >= 4 is 28.5 Å². The van der Waals surface area contributed by atoms with E-state index < -0.39 is 0 Å². The Morgan fingerprint density at radius 2 is 1.94 bits per heavy atom. The summed E-state index contributed by atoms with van der Waals surface area (Å²) in [6.45, 7) is 1.58. The summed E-state index contributed by atoms with van der Waals surface area (Å²) >= 11 is 1.08. The van der Waals surface area contributed by atoms with Crippen molar-refractivity contribution in [3.63, 3.8) is 0 Å². The summed E-state index contributed by atoms with van der Waals surface area (Å²) in [6.07, 6.45) is 0.562. The molecule has 1 unspecified atom stereocenters. The molecule has 3 nitrogen and oxygen atoms in total. The molecule has 1 aliphatic rings. The van der Waals surface area contributed by atoms with Crippen LogP contribution in [0.5, 0.6) is 0 Å². The van der Waals surface area contributed by atoms with E-state index in [-0.39, 0.29) is 16.3 Å². The molecule has 0 bridgehead atoms. The first-order valence-corrected chi connectivity index (χ1v) is 5.89. The molecule has 0 fully saturated rings. The number of thioether (sulfide) groups is 1. The first kappa shape index (κ1) is 11.1. The van der Waals surface area contributed by atoms with E-state index in [1.54, 1.807) is 6.92 Å². The van der Waals surface area contributed by atoms with Crippen LogP contribution in [0.4, 0.5) is 0 Å². The highest BCUT2D eigenvalue weighted by Gasteiger charge is 2.28. The molecule has 1 aromatic rings. The zero-order valence-corrected chi connectivity index (χ0v) is 9.66. The molecule has 1 aromatic carbocycles. The van der Waals surface area contributed by atoms with Crippen molar-refractivity contribution in [3.8, 4) is 0 Å². The van der Waals surface area contributed by atoms with Crippen LogP contribution in [0.3, 0.4) is 0 Å². The van der Waals surface area contributed by atoms with Crippen LogP contribution in [0.25, 0.3) is 0 Å². The van der Waals surface area contributed by atoms with E-state index in [9.17, 15) is 9.59 Å². The van der Waals surface area contributed by atoms with Gasteiger partial charge in [0.25, 0.3) is 5.91 Å². The second-order valence-corrected chi connectivity index (χ2v) is 4.79. The number of carbonyl (C=O) groups is 2. The average Bonchev–Trinajstić information content (AvgIpc) is 2.27. The van der Waals surface area contributed by atoms with Gasteiger partial charge in [0.05, 0.1) is 11.0 Å². The summed E-state index contributed by atoms with van der Waals surface area (Å²) in [5.41, 5.74) is 1.36. The van der Waals surface area contributed by atoms with Gasteiger partial charge in [-0.05, 0) is 18.9 Å². The number of carbonyl (C=O) groups excluding carboxylic acids is 2. The van der Waals surface area contributed by atoms with Gasteiger partial charge in [-0.25, -0.2) is 4.99 Å². The SMILES string of the molecule is CC1=NC(=O)C(Cc2ccccc2)SC1=O. The molecule has 82 valence electrons. The highest BCUT2D eigenvalue weighted by Crippen LogP contribution is 2.23. The van der Waals surface area contributed by atoms with Crippen LogP contribution in [-0.2, 0) is 16.0 Å². The molecule has 1 heterocycles. The summed E-state index contributed by atoms with van der Waals surface area (Å²) in [5, 5.41) is -0.459. The zero-order valence-electron chi connectivity index (χ0n) is 8.84. The van der Waals surface area contributed by atoms with Gasteiger partial charge in [0.1, 0.15) is 0 Å². The Bertz CT molecular complexity index is 453. The van der Waals surface area contributed by atoms with Crippen LogP contribution >= 0.6 is 11.8 Å². The van der Waals surface area contributed by atoms with Gasteiger partial charge in [-0.15, -0.1) is 0 Å². The van der Waals surface area contributed by atoms with E-state index in [4.69, 9.17) is 0 Å². The lowest BCUT2D eigenvalue weighted by Gasteiger charge is -2.16. The third kappa shape index (κ3) is 2.39. The Hall–Kier alpha value is -1.42. The average molecular weight is 233 g/mol. The van der Waals surface area contributed by atoms with Crippen molar-refractivity contribution in [1.82, 2.24) is 0 Å². The Morgan fingerprint density at radius 1 is 1.25 bits per heavy atom. The quantitative estimate of drug-likeness (QED) is 0.783. The first-order valence-electron chi connectivity index (χ1n) is 5.01. The maximum absolute atomic E-state index is 11.6. The fourth-order valence-electron chi connectivity index (χ4n) is 1.50. The van der Waals surface area contributed by atoms with Crippen LogP contribution in [-0.4, -0.2) is 22.0 Å². The summed E-state index contributed by atoms with van der Waals surface area (Å²) in [6, 6.07) is 9.66. The van der Waals surface area contributed by atoms with Gasteiger partial charge in [0.2, 0.25) is 5.12 Å². The van der Waals surface area contributed by atoms with E-state index in [0.717, 1.165) is 17.3 Å². The van der Waals surface area contributed by atoms with Crippen LogP contribution in [0.1, 0.15) is 12.5 Å². The van der Waals surface area contributed by atoms with Crippen LogP contribution in [0.15, 0.2) is 35.3 Å². The number of nitrogens with zero attached hydrogens (tertiary/aromatic N) is 1. The van der Waals surface area contributed by atoms with Crippen LogP contribution < -0.4 is 0 Å². The third-order valence-electron chi connectivity index (χ3n) is 2.36. The number of rotatable bonds is 2. The normalized spacial score (nSPS) is 20.8. The van der Waals surface area contributed by atoms with Gasteiger partial charge in [0.15, 0.2) is 0 Å². The summed E-state index contributed by atoms with van der Waals surface area (Å²) in [4.78, 5) is 26.8. The molecule has 0 saturated carbocycles. The number of amides is 1. The topological polar surface area (TPSA) is 46.5 Å². The van der Waals surface area contributed by atoms with Crippen molar-refractivity contribution < 1.29 is 9.59 Å². The summed E-state index contributed by atoms with van der Waals surface area (Å²) in [5.74, 6) is -0.203. The minimum Gasteiger partial charge on any atom is -0.280 e. The Labute approximate surface area is 98.0 Å². The fraction of sp³-hybridized carbons (Fsp3) is 0.250. The predicted molar refractivity (Wildman–Crippen MR) is 64.6 cm³/mol. The van der Waals surface area contributed by atoms with Crippen LogP contribution in [0, 0.1) is 0 Å². The predicted octanol–water partition coefficient (Wildman–Crippen LogP) is 1.86. The van der Waals surface area contributed by atoms with E-state index >= 15 is 0 Å². The molecule has 0 aliphatic carbocycles. The lowest BCUT2D eigenvalue weighted by Crippen LogP contribution is -2.28. The van der Waals surface area contributed by atoms with Crippen molar-refractivity contribution in [1.29, 1.82) is 0 Å². The van der Waals surface area contributed by atoms with Gasteiger partial charge < -0.3 is 0 Å². The first-order chi connectivity index (χ1) is 7.66. The summed E-state index contributed by atoms with van der Waals surface area (Å²) < 4.78 is 0. The van der Waals surface area contributed by atoms with E-state index in [1.807, 2.05) is 30.3 Å². The van der Waals surface area contributed by atoms with E-state index in [0.29, 0.717) is 12.1 Å². The molecule has 0 aromatic heterocycles. The molecule has 4 heteroatoms. The number of hydrogen-bond acceptors (Lipinski definition) is 3. The standard InChI is InChI=1S/C12H11NO2S/c1-8-12(15)16-10(11(14)13-8)7-9-5-3-2-4-6-9/h2-6,10H,7H2,1H3. The maximum Gasteiger partial charge on any atom is 0.259 e. The molecule has 0 N–H and O–H groups in total. The van der Waals surface area contributed by atoms with Gasteiger partial charge in [-0.1, -0.05) is 42.1 Å². The molecule has 0 radical (unpaired) electrons. The monoisotopic (exact) mass is 233 g/mol. The molecule has 1 amide bonds. The van der Waals surface area contributed by atoms with Gasteiger partial charge >= 0.3 is 0 Å². The Kier molecular flexibility index (Phi) is 3.19. The minimum absolute atomic E-state index is 0.0967. The molecular formula is C12H11NO2S. The minimum atomic E-state index is -0.362. The third-order valence-corrected chi connectivity index (χ3v) is 3.52. The molecule has 16 heavy (non-hydrogen) atoms. The van der Waals surface area contributed by atoms with E-state index in [1.165, 1.54) is 0 Å². The second kappa shape index (κ2) is 4.61. The second-order valence-electron chi connectivity index (χ2n) is 3.62. The zero-order chi connectivity index (χ0) is 11.5. The maximum atomic E-state index is 11.6. The lowest BCUT2D eigenvalue weighted by atomic mass is 10.1. The Morgan fingerprint density at radius 3 is 2.62 bits per heavy atom. The molecule has 0 saturated heterocycles. The van der Waals surface area contributed by atoms with Crippen LogP contribution in [0.2, 0.25) is 0 Å². The lowest BCUT2D eigenvalue weighted by molar-refractivity contribution is -0.118. The smallest absolute Gasteiger partial charge is 0.259 e. The highest BCUT2D eigenvalue weighted by molar-refractivity contribution is 8.16. The Balaban J connectivity index is 2.13. The van der Waals surface area contributed by atoms with Crippen molar-refractivity contribution in [2.45, 2.75) is 18.6 Å². The van der Waals surface area contributed by atoms with Crippen molar-refractivity contribution in [3.05, 3.63) is 35.9 Å². The largest absolute Gasteiger partial charge is 0.280 e. The molecular weight excluding hydrogens is 222 g/mol. The number of benzene rings is 1. The van der Waals surface area contributed by atoms with E-state index in [2.05, 4.69) is 4.99 Å². The highest BCUT2D eigenvalue weighted by atomic mass is 32.2. The number of hydrogen-bond donors (Lipinski definition) is 0. The molecule has 0 spiro atoms. The van der Waals surface area contributed by atoms with Gasteiger partial charge in [0, 0.05) is 0 Å². The molecule has 1 aliphatic heterocycles. The van der Waals surface area contributed by atoms with Gasteiger partial charge in [-0.2, -0.15) is 0 Å². The molecule has 1 atom stereocenters. The molecule has 2 rings (SSSR count). The number of aliphatic imine (C=N–C) groups is 1. The van der Waals surface area contributed by atoms with Gasteiger partial charge in [-0.3, -0.25) is 9.59 Å². The fourth-order valence-corrected chi connectivity index (χ4v) is 2.41. The van der Waals surface area contributed by atoms with Crippen molar-refractivity contribution in [2.24, 2.45) is 4.99 Å². The van der Waals surface area contributed by atoms with Crippen molar-refractivity contribution in [2.75, 3.05) is 0 Å². The summed E-state index contributed by atoms with van der Waals surface area (Å²) in [7, 11) is 0.